The standard InChI is InChI=1S/C11H20O2/c1-4-5-11(3)7-6-10(2,8-12)9-13-11/h4-5,12H,6-9H2,1-3H3/b5-4+. The first-order chi connectivity index (χ1) is 6.04. The molecule has 76 valence electrons. The van der Waals surface area contributed by atoms with Crippen LogP contribution in [0.3, 0.4) is 0 Å². The Hall–Kier alpha value is -0.340. The zero-order valence-electron chi connectivity index (χ0n) is 8.84. The van der Waals surface area contributed by atoms with Crippen LogP contribution in [-0.4, -0.2) is 23.9 Å². The normalized spacial score (nSPS) is 41.2. The summed E-state index contributed by atoms with van der Waals surface area (Å²) in [6.45, 7) is 7.06. The summed E-state index contributed by atoms with van der Waals surface area (Å²) in [5.74, 6) is 0. The van der Waals surface area contributed by atoms with Crippen LogP contribution in [0.15, 0.2) is 12.2 Å². The van der Waals surface area contributed by atoms with E-state index in [2.05, 4.69) is 19.9 Å². The van der Waals surface area contributed by atoms with E-state index in [1.807, 2.05) is 13.0 Å². The molecular formula is C11H20O2. The summed E-state index contributed by atoms with van der Waals surface area (Å²) in [5.41, 5.74) is -0.134. The molecule has 1 fully saturated rings. The molecule has 1 N–H and O–H groups in total. The first-order valence-electron chi connectivity index (χ1n) is 4.92. The van der Waals surface area contributed by atoms with Crippen molar-refractivity contribution in [2.45, 2.75) is 39.2 Å². The van der Waals surface area contributed by atoms with Crippen molar-refractivity contribution >= 4 is 0 Å². The van der Waals surface area contributed by atoms with Crippen LogP contribution in [0.25, 0.3) is 0 Å². The van der Waals surface area contributed by atoms with Crippen LogP contribution in [0.2, 0.25) is 0 Å². The van der Waals surface area contributed by atoms with Gasteiger partial charge in [0.25, 0.3) is 0 Å². The summed E-state index contributed by atoms with van der Waals surface area (Å²) in [6.07, 6.45) is 6.16. The van der Waals surface area contributed by atoms with Gasteiger partial charge in [0.2, 0.25) is 0 Å². The molecule has 0 aromatic carbocycles. The fourth-order valence-corrected chi connectivity index (χ4v) is 1.64. The highest BCUT2D eigenvalue weighted by molar-refractivity contribution is 5.01. The summed E-state index contributed by atoms with van der Waals surface area (Å²) in [6, 6.07) is 0. The lowest BCUT2D eigenvalue weighted by Crippen LogP contribution is -2.41. The van der Waals surface area contributed by atoms with Crippen LogP contribution in [0.5, 0.6) is 0 Å². The van der Waals surface area contributed by atoms with Crippen LogP contribution >= 0.6 is 0 Å². The minimum atomic E-state index is -0.108. The predicted molar refractivity (Wildman–Crippen MR) is 53.6 cm³/mol. The van der Waals surface area contributed by atoms with Gasteiger partial charge >= 0.3 is 0 Å². The zero-order chi connectivity index (χ0) is 9.95. The summed E-state index contributed by atoms with van der Waals surface area (Å²) < 4.78 is 5.77. The number of hydrogen-bond acceptors (Lipinski definition) is 2. The molecule has 0 aliphatic carbocycles. The Labute approximate surface area is 80.6 Å². The highest BCUT2D eigenvalue weighted by Crippen LogP contribution is 2.36. The van der Waals surface area contributed by atoms with E-state index in [0.717, 1.165) is 12.8 Å². The minimum Gasteiger partial charge on any atom is -0.396 e. The van der Waals surface area contributed by atoms with Crippen LogP contribution in [0.4, 0.5) is 0 Å². The molecule has 0 aromatic heterocycles. The molecule has 0 bridgehead atoms. The molecule has 0 spiro atoms. The maximum absolute atomic E-state index is 9.15. The van der Waals surface area contributed by atoms with E-state index in [4.69, 9.17) is 9.84 Å². The Morgan fingerprint density at radius 2 is 2.08 bits per heavy atom. The van der Waals surface area contributed by atoms with Crippen molar-refractivity contribution in [3.63, 3.8) is 0 Å². The van der Waals surface area contributed by atoms with Gasteiger partial charge in [0.15, 0.2) is 0 Å². The molecule has 0 amide bonds. The van der Waals surface area contributed by atoms with Crippen molar-refractivity contribution in [2.24, 2.45) is 5.41 Å². The summed E-state index contributed by atoms with van der Waals surface area (Å²) in [5, 5.41) is 9.15. The second-order valence-corrected chi connectivity index (χ2v) is 4.57. The van der Waals surface area contributed by atoms with Crippen molar-refractivity contribution in [1.82, 2.24) is 0 Å². The third kappa shape index (κ3) is 2.55. The topological polar surface area (TPSA) is 29.5 Å². The van der Waals surface area contributed by atoms with Crippen LogP contribution < -0.4 is 0 Å². The fraction of sp³-hybridized carbons (Fsp3) is 0.818. The highest BCUT2D eigenvalue weighted by Gasteiger charge is 2.36. The zero-order valence-corrected chi connectivity index (χ0v) is 8.84. The number of ether oxygens (including phenoxy) is 1. The summed E-state index contributed by atoms with van der Waals surface area (Å²) in [4.78, 5) is 0. The Bertz CT molecular complexity index is 188. The second-order valence-electron chi connectivity index (χ2n) is 4.57. The van der Waals surface area contributed by atoms with Crippen molar-refractivity contribution in [3.05, 3.63) is 12.2 Å². The Morgan fingerprint density at radius 3 is 2.46 bits per heavy atom. The molecule has 1 heterocycles. The lowest BCUT2D eigenvalue weighted by atomic mass is 9.80. The molecule has 2 atom stereocenters. The maximum Gasteiger partial charge on any atom is 0.0834 e. The van der Waals surface area contributed by atoms with E-state index in [0.29, 0.717) is 6.61 Å². The quantitative estimate of drug-likeness (QED) is 0.666. The average Bonchev–Trinajstić information content (AvgIpc) is 2.12. The SMILES string of the molecule is C/C=C/C1(C)CCC(C)(CO)CO1. The largest absolute Gasteiger partial charge is 0.396 e. The number of allylic oxidation sites excluding steroid dienone is 1. The number of rotatable bonds is 2. The van der Waals surface area contributed by atoms with Gasteiger partial charge in [0.1, 0.15) is 0 Å². The van der Waals surface area contributed by atoms with Gasteiger partial charge < -0.3 is 9.84 Å². The van der Waals surface area contributed by atoms with Gasteiger partial charge in [-0.1, -0.05) is 19.1 Å². The van der Waals surface area contributed by atoms with E-state index in [9.17, 15) is 0 Å². The molecule has 1 aliphatic rings. The van der Waals surface area contributed by atoms with Gasteiger partial charge in [-0.25, -0.2) is 0 Å². The average molecular weight is 184 g/mol. The van der Waals surface area contributed by atoms with Crippen molar-refractivity contribution in [1.29, 1.82) is 0 Å². The fourth-order valence-electron chi connectivity index (χ4n) is 1.64. The summed E-state index contributed by atoms with van der Waals surface area (Å²) in [7, 11) is 0. The minimum absolute atomic E-state index is 0.0267. The van der Waals surface area contributed by atoms with E-state index in [1.54, 1.807) is 0 Å². The molecule has 13 heavy (non-hydrogen) atoms. The monoisotopic (exact) mass is 184 g/mol. The second kappa shape index (κ2) is 3.81. The number of aliphatic hydroxyl groups excluding tert-OH is 1. The Morgan fingerprint density at radius 1 is 1.38 bits per heavy atom. The van der Waals surface area contributed by atoms with E-state index >= 15 is 0 Å². The lowest BCUT2D eigenvalue weighted by Gasteiger charge is -2.40. The van der Waals surface area contributed by atoms with Crippen molar-refractivity contribution < 1.29 is 9.84 Å². The Balaban J connectivity index is 2.56. The molecule has 1 saturated heterocycles. The first kappa shape index (κ1) is 10.7. The maximum atomic E-state index is 9.15. The van der Waals surface area contributed by atoms with Crippen molar-refractivity contribution in [3.8, 4) is 0 Å². The molecule has 0 saturated carbocycles. The third-order valence-electron chi connectivity index (χ3n) is 2.88. The van der Waals surface area contributed by atoms with E-state index in [1.165, 1.54) is 0 Å². The first-order valence-corrected chi connectivity index (χ1v) is 4.92. The van der Waals surface area contributed by atoms with Gasteiger partial charge in [-0.2, -0.15) is 0 Å². The van der Waals surface area contributed by atoms with Crippen LogP contribution in [-0.2, 0) is 4.74 Å². The lowest BCUT2D eigenvalue weighted by molar-refractivity contribution is -0.105. The third-order valence-corrected chi connectivity index (χ3v) is 2.88. The summed E-state index contributed by atoms with van der Waals surface area (Å²) >= 11 is 0. The van der Waals surface area contributed by atoms with Crippen LogP contribution in [0, 0.1) is 5.41 Å². The highest BCUT2D eigenvalue weighted by atomic mass is 16.5. The molecule has 1 rings (SSSR count). The van der Waals surface area contributed by atoms with E-state index < -0.39 is 0 Å². The molecule has 2 unspecified atom stereocenters. The van der Waals surface area contributed by atoms with Gasteiger partial charge in [0, 0.05) is 5.41 Å². The smallest absolute Gasteiger partial charge is 0.0834 e. The number of aliphatic hydroxyl groups is 1. The molecule has 1 aliphatic heterocycles. The molecule has 2 nitrogen and oxygen atoms in total. The van der Waals surface area contributed by atoms with E-state index in [-0.39, 0.29) is 17.6 Å². The molecular weight excluding hydrogens is 164 g/mol. The van der Waals surface area contributed by atoms with Gasteiger partial charge in [-0.15, -0.1) is 0 Å². The Kier molecular flexibility index (Phi) is 3.14. The van der Waals surface area contributed by atoms with Gasteiger partial charge in [-0.3, -0.25) is 0 Å². The van der Waals surface area contributed by atoms with Crippen molar-refractivity contribution in [2.75, 3.05) is 13.2 Å². The molecule has 0 aromatic rings. The van der Waals surface area contributed by atoms with Crippen LogP contribution in [0.1, 0.15) is 33.6 Å². The number of hydrogen-bond donors (Lipinski definition) is 1. The van der Waals surface area contributed by atoms with Gasteiger partial charge in [-0.05, 0) is 26.7 Å². The van der Waals surface area contributed by atoms with Gasteiger partial charge in [0.05, 0.1) is 18.8 Å². The molecule has 2 heteroatoms. The predicted octanol–water partition coefficient (Wildman–Crippen LogP) is 2.13. The molecule has 0 radical (unpaired) electrons.